The van der Waals surface area contributed by atoms with E-state index >= 15 is 0 Å². The molecule has 2 N–H and O–H groups in total. The quantitative estimate of drug-likeness (QED) is 0.929. The number of rotatable bonds is 4. The fourth-order valence-electron chi connectivity index (χ4n) is 2.57. The first-order chi connectivity index (χ1) is 9.54. The zero-order valence-electron chi connectivity index (χ0n) is 11.3. The largest absolute Gasteiger partial charge is 0.383 e. The van der Waals surface area contributed by atoms with E-state index in [4.69, 9.17) is 33.7 Å². The zero-order valence-corrected chi connectivity index (χ0v) is 12.8. The maximum absolute atomic E-state index is 12.2. The van der Waals surface area contributed by atoms with E-state index in [9.17, 15) is 4.79 Å². The summed E-state index contributed by atoms with van der Waals surface area (Å²) in [6, 6.07) is 4.93. The summed E-state index contributed by atoms with van der Waals surface area (Å²) in [6.45, 7) is 0.979. The number of carbonyl (C=O) groups is 1. The molecule has 0 aliphatic carbocycles. The van der Waals surface area contributed by atoms with Crippen LogP contribution >= 0.6 is 23.2 Å². The van der Waals surface area contributed by atoms with Gasteiger partial charge in [0.2, 0.25) is 5.91 Å². The van der Waals surface area contributed by atoms with Crippen molar-refractivity contribution in [2.45, 2.75) is 24.9 Å². The van der Waals surface area contributed by atoms with Crippen LogP contribution in [0.15, 0.2) is 18.2 Å². The molecular weight excluding hydrogens is 299 g/mol. The van der Waals surface area contributed by atoms with Crippen LogP contribution < -0.4 is 5.73 Å². The van der Waals surface area contributed by atoms with Crippen LogP contribution in [0.4, 0.5) is 0 Å². The number of benzene rings is 1. The summed E-state index contributed by atoms with van der Waals surface area (Å²) in [5.41, 5.74) is 7.06. The van der Waals surface area contributed by atoms with Gasteiger partial charge in [-0.3, -0.25) is 4.79 Å². The molecule has 1 aromatic rings. The second-order valence-electron chi connectivity index (χ2n) is 4.89. The van der Waals surface area contributed by atoms with Crippen molar-refractivity contribution < 1.29 is 9.53 Å². The van der Waals surface area contributed by atoms with Gasteiger partial charge in [0.25, 0.3) is 0 Å². The highest BCUT2D eigenvalue weighted by atomic mass is 35.5. The van der Waals surface area contributed by atoms with Gasteiger partial charge >= 0.3 is 0 Å². The smallest absolute Gasteiger partial charge is 0.223 e. The minimum absolute atomic E-state index is 0.0831. The number of nitrogens with zero attached hydrogens (tertiary/aromatic N) is 1. The van der Waals surface area contributed by atoms with Gasteiger partial charge in [-0.25, -0.2) is 0 Å². The van der Waals surface area contributed by atoms with Crippen LogP contribution in [-0.2, 0) is 9.53 Å². The Morgan fingerprint density at radius 3 is 2.85 bits per heavy atom. The lowest BCUT2D eigenvalue weighted by atomic mass is 9.90. The molecule has 2 unspecified atom stereocenters. The third-order valence-electron chi connectivity index (χ3n) is 3.57. The van der Waals surface area contributed by atoms with Crippen LogP contribution in [0.3, 0.4) is 0 Å². The summed E-state index contributed by atoms with van der Waals surface area (Å²) in [5.74, 6) is 0.0831. The summed E-state index contributed by atoms with van der Waals surface area (Å²) in [6.07, 6.45) is 1.12. The van der Waals surface area contributed by atoms with E-state index in [0.717, 1.165) is 5.56 Å². The van der Waals surface area contributed by atoms with Gasteiger partial charge in [0.1, 0.15) is 0 Å². The van der Waals surface area contributed by atoms with E-state index < -0.39 is 0 Å². The number of amides is 1. The predicted molar refractivity (Wildman–Crippen MR) is 80.0 cm³/mol. The molecule has 1 saturated heterocycles. The highest BCUT2D eigenvalue weighted by Gasteiger charge is 2.35. The number of hydrogen-bond acceptors (Lipinski definition) is 3. The van der Waals surface area contributed by atoms with E-state index in [1.165, 1.54) is 0 Å². The topological polar surface area (TPSA) is 55.6 Å². The zero-order chi connectivity index (χ0) is 14.7. The van der Waals surface area contributed by atoms with Crippen LogP contribution in [0.2, 0.25) is 10.0 Å². The minimum Gasteiger partial charge on any atom is -0.383 e. The maximum atomic E-state index is 12.2. The molecule has 20 heavy (non-hydrogen) atoms. The van der Waals surface area contributed by atoms with E-state index in [-0.39, 0.29) is 18.0 Å². The van der Waals surface area contributed by atoms with Gasteiger partial charge < -0.3 is 15.4 Å². The Morgan fingerprint density at radius 2 is 2.20 bits per heavy atom. The van der Waals surface area contributed by atoms with Crippen molar-refractivity contribution in [1.82, 2.24) is 4.90 Å². The number of hydrogen-bond donors (Lipinski definition) is 1. The molecule has 110 valence electrons. The second kappa shape index (κ2) is 6.76. The summed E-state index contributed by atoms with van der Waals surface area (Å²) >= 11 is 12.2. The third-order valence-corrected chi connectivity index (χ3v) is 4.13. The maximum Gasteiger partial charge on any atom is 0.223 e. The second-order valence-corrected chi connectivity index (χ2v) is 5.74. The van der Waals surface area contributed by atoms with Crippen molar-refractivity contribution in [3.63, 3.8) is 0 Å². The molecule has 0 radical (unpaired) electrons. The molecule has 1 fully saturated rings. The Hall–Kier alpha value is -0.810. The normalized spacial score (nSPS) is 23.2. The molecule has 1 aromatic carbocycles. The first-order valence-corrected chi connectivity index (χ1v) is 7.29. The van der Waals surface area contributed by atoms with E-state index in [1.807, 2.05) is 6.07 Å². The molecule has 2 atom stereocenters. The lowest BCUT2D eigenvalue weighted by Gasteiger charge is -2.40. The lowest BCUT2D eigenvalue weighted by molar-refractivity contribution is -0.138. The summed E-state index contributed by atoms with van der Waals surface area (Å²) < 4.78 is 5.07. The number of nitrogens with two attached hydrogens (primary N) is 1. The van der Waals surface area contributed by atoms with E-state index in [1.54, 1.807) is 24.1 Å². The molecule has 1 amide bonds. The van der Waals surface area contributed by atoms with Crippen molar-refractivity contribution in [3.05, 3.63) is 33.8 Å². The number of methoxy groups -OCH3 is 1. The highest BCUT2D eigenvalue weighted by Crippen LogP contribution is 2.35. The number of likely N-dealkylation sites (tertiary alicyclic amines) is 1. The molecular formula is C14H18Cl2N2O2. The van der Waals surface area contributed by atoms with E-state index in [2.05, 4.69) is 0 Å². The van der Waals surface area contributed by atoms with E-state index in [0.29, 0.717) is 36.0 Å². The Labute approximate surface area is 128 Å². The standard InChI is InChI=1S/C14H18Cl2N2O2/c1-20-7-6-18-13(19)5-4-12(17)14(18)10-3-2-9(15)8-11(10)16/h2-3,8,12,14H,4-7,17H2,1H3. The number of carbonyl (C=O) groups excluding carboxylic acids is 1. The van der Waals surface area contributed by atoms with Gasteiger partial charge in [0.05, 0.1) is 12.6 Å². The van der Waals surface area contributed by atoms with Crippen molar-refractivity contribution in [1.29, 1.82) is 0 Å². The van der Waals surface area contributed by atoms with Gasteiger partial charge in [-0.15, -0.1) is 0 Å². The molecule has 1 aliphatic rings. The predicted octanol–water partition coefficient (Wildman–Crippen LogP) is 2.63. The van der Waals surface area contributed by atoms with Crippen LogP contribution in [-0.4, -0.2) is 37.1 Å². The summed E-state index contributed by atoms with van der Waals surface area (Å²) in [4.78, 5) is 13.9. The fourth-order valence-corrected chi connectivity index (χ4v) is 3.09. The average molecular weight is 317 g/mol. The molecule has 4 nitrogen and oxygen atoms in total. The molecule has 6 heteroatoms. The van der Waals surface area contributed by atoms with Gasteiger partial charge in [-0.05, 0) is 24.1 Å². The molecule has 2 rings (SSSR count). The van der Waals surface area contributed by atoms with Crippen molar-refractivity contribution in [2.24, 2.45) is 5.73 Å². The molecule has 1 aliphatic heterocycles. The molecule has 1 heterocycles. The van der Waals surface area contributed by atoms with Gasteiger partial charge in [-0.1, -0.05) is 29.3 Å². The number of piperidine rings is 1. The first-order valence-electron chi connectivity index (χ1n) is 6.53. The monoisotopic (exact) mass is 316 g/mol. The highest BCUT2D eigenvalue weighted by molar-refractivity contribution is 6.35. The Bertz CT molecular complexity index is 496. The van der Waals surface area contributed by atoms with Crippen LogP contribution in [0.5, 0.6) is 0 Å². The first kappa shape index (κ1) is 15.6. The third kappa shape index (κ3) is 3.26. The fraction of sp³-hybridized carbons (Fsp3) is 0.500. The Balaban J connectivity index is 2.34. The van der Waals surface area contributed by atoms with Crippen LogP contribution in [0.25, 0.3) is 0 Å². The summed E-state index contributed by atoms with van der Waals surface area (Å²) in [5, 5.41) is 1.10. The van der Waals surface area contributed by atoms with Crippen molar-refractivity contribution >= 4 is 29.1 Å². The molecule has 0 bridgehead atoms. The summed E-state index contributed by atoms with van der Waals surface area (Å²) in [7, 11) is 1.61. The Morgan fingerprint density at radius 1 is 1.45 bits per heavy atom. The number of ether oxygens (including phenoxy) is 1. The molecule has 0 aromatic heterocycles. The van der Waals surface area contributed by atoms with Crippen molar-refractivity contribution in [3.8, 4) is 0 Å². The Kier molecular flexibility index (Phi) is 5.27. The van der Waals surface area contributed by atoms with Gasteiger partial charge in [-0.2, -0.15) is 0 Å². The SMILES string of the molecule is COCCN1C(=O)CCC(N)C1c1ccc(Cl)cc1Cl. The molecule has 0 spiro atoms. The molecule has 0 saturated carbocycles. The van der Waals surface area contributed by atoms with Crippen LogP contribution in [0, 0.1) is 0 Å². The van der Waals surface area contributed by atoms with Gasteiger partial charge in [0, 0.05) is 36.2 Å². The number of halogens is 2. The lowest BCUT2D eigenvalue weighted by Crippen LogP contribution is -2.49. The average Bonchev–Trinajstić information content (AvgIpc) is 2.41. The van der Waals surface area contributed by atoms with Crippen LogP contribution in [0.1, 0.15) is 24.4 Å². The van der Waals surface area contributed by atoms with Crippen molar-refractivity contribution in [2.75, 3.05) is 20.3 Å². The van der Waals surface area contributed by atoms with Gasteiger partial charge in [0.15, 0.2) is 0 Å². The minimum atomic E-state index is -0.226.